The van der Waals surface area contributed by atoms with Gasteiger partial charge in [0.15, 0.2) is 0 Å². The molecule has 0 aliphatic heterocycles. The summed E-state index contributed by atoms with van der Waals surface area (Å²) in [6.07, 6.45) is 1.09. The fourth-order valence-corrected chi connectivity index (χ4v) is 5.78. The Morgan fingerprint density at radius 2 is 1.56 bits per heavy atom. The number of sulfonamides is 1. The number of aryl methyl sites for hydroxylation is 1. The Kier molecular flexibility index (Phi) is 11.2. The molecule has 1 atom stereocenters. The smallest absolute Gasteiger partial charge is 0.264 e. The van der Waals surface area contributed by atoms with Crippen molar-refractivity contribution >= 4 is 27.5 Å². The van der Waals surface area contributed by atoms with Gasteiger partial charge >= 0.3 is 0 Å². The summed E-state index contributed by atoms with van der Waals surface area (Å²) >= 11 is 0. The summed E-state index contributed by atoms with van der Waals surface area (Å²) in [5.41, 5.74) is 2.03. The van der Waals surface area contributed by atoms with Gasteiger partial charge in [-0.3, -0.25) is 13.9 Å². The molecule has 0 aliphatic rings. The minimum Gasteiger partial charge on any atom is -0.497 e. The number of benzene rings is 3. The molecule has 41 heavy (non-hydrogen) atoms. The topological polar surface area (TPSA) is 105 Å². The standard InChI is InChI=1S/C31H39N3O6S/c1-6-19-32-31(36)29(7-2)33(21-24-9-8-10-27(20-24)40-5)30(35)22-34(25-13-11-23(3)12-14-25)41(37,38)28-17-15-26(39-4)16-18-28/h8-18,20,29H,6-7,19,21-22H2,1-5H3,(H,32,36). The summed E-state index contributed by atoms with van der Waals surface area (Å²) in [4.78, 5) is 28.8. The van der Waals surface area contributed by atoms with Crippen LogP contribution in [0.4, 0.5) is 5.69 Å². The SMILES string of the molecule is CCCNC(=O)C(CC)N(Cc1cccc(OC)c1)C(=O)CN(c1ccc(C)cc1)S(=O)(=O)c1ccc(OC)cc1. The summed E-state index contributed by atoms with van der Waals surface area (Å²) in [5, 5.41) is 2.88. The predicted molar refractivity (Wildman–Crippen MR) is 160 cm³/mol. The van der Waals surface area contributed by atoms with Gasteiger partial charge in [-0.1, -0.05) is 43.7 Å². The summed E-state index contributed by atoms with van der Waals surface area (Å²) in [6, 6.07) is 19.4. The quantitative estimate of drug-likeness (QED) is 0.300. The molecule has 0 aromatic heterocycles. The van der Waals surface area contributed by atoms with Gasteiger partial charge in [0.1, 0.15) is 24.1 Å². The first-order chi connectivity index (χ1) is 19.6. The molecular formula is C31H39N3O6S. The largest absolute Gasteiger partial charge is 0.497 e. The number of amides is 2. The van der Waals surface area contributed by atoms with Crippen molar-refractivity contribution in [3.05, 3.63) is 83.9 Å². The maximum atomic E-state index is 14.1. The number of hydrogen-bond acceptors (Lipinski definition) is 6. The van der Waals surface area contributed by atoms with E-state index >= 15 is 0 Å². The van der Waals surface area contributed by atoms with Crippen molar-refractivity contribution in [2.24, 2.45) is 0 Å². The molecule has 0 aliphatic carbocycles. The first-order valence-electron chi connectivity index (χ1n) is 13.6. The highest BCUT2D eigenvalue weighted by Crippen LogP contribution is 2.27. The molecule has 3 aromatic rings. The van der Waals surface area contributed by atoms with Crippen LogP contribution in [0.3, 0.4) is 0 Å². The molecule has 0 bridgehead atoms. The summed E-state index contributed by atoms with van der Waals surface area (Å²) in [6.45, 7) is 5.74. The second-order valence-corrected chi connectivity index (χ2v) is 11.5. The van der Waals surface area contributed by atoms with Gasteiger partial charge in [-0.2, -0.15) is 0 Å². The van der Waals surface area contributed by atoms with Crippen LogP contribution in [0.15, 0.2) is 77.7 Å². The first kappa shape index (κ1) is 31.5. The lowest BCUT2D eigenvalue weighted by molar-refractivity contribution is -0.140. The molecule has 0 radical (unpaired) electrons. The van der Waals surface area contributed by atoms with Gasteiger partial charge in [-0.05, 0) is 73.9 Å². The van der Waals surface area contributed by atoms with E-state index < -0.39 is 28.5 Å². The Morgan fingerprint density at radius 1 is 0.902 bits per heavy atom. The van der Waals surface area contributed by atoms with E-state index in [1.807, 2.05) is 32.9 Å². The number of carbonyl (C=O) groups excluding carboxylic acids is 2. The van der Waals surface area contributed by atoms with Crippen molar-refractivity contribution in [2.75, 3.05) is 31.6 Å². The molecule has 3 aromatic carbocycles. The molecule has 9 nitrogen and oxygen atoms in total. The number of methoxy groups -OCH3 is 2. The van der Waals surface area contributed by atoms with Crippen molar-refractivity contribution in [2.45, 2.75) is 51.1 Å². The Bertz CT molecular complexity index is 1410. The highest BCUT2D eigenvalue weighted by atomic mass is 32.2. The van der Waals surface area contributed by atoms with Crippen LogP contribution in [0.2, 0.25) is 0 Å². The van der Waals surface area contributed by atoms with Gasteiger partial charge in [0.05, 0.1) is 24.8 Å². The summed E-state index contributed by atoms with van der Waals surface area (Å²) in [5.74, 6) is 0.325. The molecule has 0 heterocycles. The van der Waals surface area contributed by atoms with Crippen molar-refractivity contribution < 1.29 is 27.5 Å². The lowest BCUT2D eigenvalue weighted by Crippen LogP contribution is -2.52. The van der Waals surface area contributed by atoms with Gasteiger partial charge in [-0.15, -0.1) is 0 Å². The van der Waals surface area contributed by atoms with E-state index in [4.69, 9.17) is 9.47 Å². The Hall–Kier alpha value is -4.05. The third-order valence-electron chi connectivity index (χ3n) is 6.67. The average molecular weight is 582 g/mol. The van der Waals surface area contributed by atoms with Crippen molar-refractivity contribution in [3.63, 3.8) is 0 Å². The molecule has 10 heteroatoms. The number of anilines is 1. The third kappa shape index (κ3) is 8.00. The first-order valence-corrected chi connectivity index (χ1v) is 15.0. The Balaban J connectivity index is 2.05. The van der Waals surface area contributed by atoms with Crippen LogP contribution in [0.1, 0.15) is 37.8 Å². The highest BCUT2D eigenvalue weighted by Gasteiger charge is 2.33. The fourth-order valence-electron chi connectivity index (χ4n) is 4.37. The van der Waals surface area contributed by atoms with E-state index in [0.717, 1.165) is 21.9 Å². The number of carbonyl (C=O) groups is 2. The number of hydrogen-bond donors (Lipinski definition) is 1. The van der Waals surface area contributed by atoms with Gasteiger partial charge < -0.3 is 19.7 Å². The van der Waals surface area contributed by atoms with Crippen LogP contribution in [0.5, 0.6) is 11.5 Å². The second kappa shape index (κ2) is 14.5. The van der Waals surface area contributed by atoms with Crippen molar-refractivity contribution in [3.8, 4) is 11.5 Å². The van der Waals surface area contributed by atoms with Gasteiger partial charge in [-0.25, -0.2) is 8.42 Å². The van der Waals surface area contributed by atoms with Crippen LogP contribution in [0, 0.1) is 6.92 Å². The number of rotatable bonds is 14. The second-order valence-electron chi connectivity index (χ2n) is 9.61. The lowest BCUT2D eigenvalue weighted by Gasteiger charge is -2.33. The maximum Gasteiger partial charge on any atom is 0.264 e. The maximum absolute atomic E-state index is 14.1. The number of nitrogens with one attached hydrogen (secondary N) is 1. The Labute approximate surface area is 243 Å². The summed E-state index contributed by atoms with van der Waals surface area (Å²) in [7, 11) is -1.11. The van der Waals surface area contributed by atoms with Gasteiger partial charge in [0, 0.05) is 13.1 Å². The normalized spacial score (nSPS) is 11.8. The van der Waals surface area contributed by atoms with Crippen LogP contribution in [-0.2, 0) is 26.2 Å². The molecule has 2 amide bonds. The van der Waals surface area contributed by atoms with Gasteiger partial charge in [0.2, 0.25) is 11.8 Å². The molecule has 220 valence electrons. The molecule has 3 rings (SSSR count). The third-order valence-corrected chi connectivity index (χ3v) is 8.46. The van der Waals surface area contributed by atoms with Crippen LogP contribution in [-0.4, -0.2) is 58.5 Å². The van der Waals surface area contributed by atoms with Crippen molar-refractivity contribution in [1.82, 2.24) is 10.2 Å². The average Bonchev–Trinajstić information content (AvgIpc) is 2.99. The monoisotopic (exact) mass is 581 g/mol. The number of ether oxygens (including phenoxy) is 2. The highest BCUT2D eigenvalue weighted by molar-refractivity contribution is 7.92. The van der Waals surface area contributed by atoms with E-state index in [0.29, 0.717) is 30.2 Å². The minimum absolute atomic E-state index is 0.0127. The van der Waals surface area contributed by atoms with E-state index in [1.54, 1.807) is 55.6 Å². The zero-order chi connectivity index (χ0) is 30.0. The number of nitrogens with zero attached hydrogens (tertiary/aromatic N) is 2. The van der Waals surface area contributed by atoms with Crippen LogP contribution >= 0.6 is 0 Å². The van der Waals surface area contributed by atoms with Crippen LogP contribution < -0.4 is 19.1 Å². The van der Waals surface area contributed by atoms with E-state index in [-0.39, 0.29) is 17.3 Å². The van der Waals surface area contributed by atoms with E-state index in [1.165, 1.54) is 24.1 Å². The zero-order valence-electron chi connectivity index (χ0n) is 24.3. The molecule has 0 saturated heterocycles. The lowest BCUT2D eigenvalue weighted by atomic mass is 10.1. The zero-order valence-corrected chi connectivity index (χ0v) is 25.1. The van der Waals surface area contributed by atoms with E-state index in [9.17, 15) is 18.0 Å². The molecule has 0 spiro atoms. The fraction of sp³-hybridized carbons (Fsp3) is 0.355. The van der Waals surface area contributed by atoms with Gasteiger partial charge in [0.25, 0.3) is 10.0 Å². The molecule has 1 unspecified atom stereocenters. The molecule has 0 saturated carbocycles. The molecular weight excluding hydrogens is 542 g/mol. The van der Waals surface area contributed by atoms with Crippen molar-refractivity contribution in [1.29, 1.82) is 0 Å². The van der Waals surface area contributed by atoms with Crippen LogP contribution in [0.25, 0.3) is 0 Å². The molecule has 0 fully saturated rings. The Morgan fingerprint density at radius 3 is 2.15 bits per heavy atom. The van der Waals surface area contributed by atoms with E-state index in [2.05, 4.69) is 5.32 Å². The summed E-state index contributed by atoms with van der Waals surface area (Å²) < 4.78 is 39.5. The predicted octanol–water partition coefficient (Wildman–Crippen LogP) is 4.54. The molecule has 1 N–H and O–H groups in total. The minimum atomic E-state index is -4.16.